The topological polar surface area (TPSA) is 77.2 Å². The highest BCUT2D eigenvalue weighted by Gasteiger charge is 2.15. The largest absolute Gasteiger partial charge is 0.374 e. The van der Waals surface area contributed by atoms with Crippen LogP contribution in [-0.4, -0.2) is 34.3 Å². The van der Waals surface area contributed by atoms with E-state index in [0.29, 0.717) is 29.2 Å². The molecular weight excluding hydrogens is 270 g/mol. The van der Waals surface area contributed by atoms with Crippen molar-refractivity contribution in [3.63, 3.8) is 0 Å². The third kappa shape index (κ3) is 3.39. The van der Waals surface area contributed by atoms with Crippen molar-refractivity contribution >= 4 is 17.4 Å². The molecule has 0 saturated heterocycles. The molecule has 0 aliphatic carbocycles. The molecule has 0 amide bonds. The Morgan fingerprint density at radius 2 is 2.21 bits per heavy atom. The van der Waals surface area contributed by atoms with E-state index in [9.17, 15) is 0 Å². The van der Waals surface area contributed by atoms with Crippen LogP contribution >= 0.6 is 11.6 Å². The van der Waals surface area contributed by atoms with Crippen LogP contribution in [0.4, 0.5) is 5.82 Å². The van der Waals surface area contributed by atoms with Gasteiger partial charge in [-0.2, -0.15) is 4.98 Å². The van der Waals surface area contributed by atoms with Gasteiger partial charge in [-0.25, -0.2) is 4.98 Å². The number of rotatable bonds is 5. The Kier molecular flexibility index (Phi) is 4.28. The second kappa shape index (κ2) is 5.94. The summed E-state index contributed by atoms with van der Waals surface area (Å²) >= 11 is 5.79. The summed E-state index contributed by atoms with van der Waals surface area (Å²) in [5.41, 5.74) is 0. The first-order valence-corrected chi connectivity index (χ1v) is 6.02. The van der Waals surface area contributed by atoms with Gasteiger partial charge < -0.3 is 14.2 Å². The average molecular weight is 284 g/mol. The Bertz CT molecular complexity index is 547. The lowest BCUT2D eigenvalue weighted by atomic mass is 10.4. The molecule has 0 spiro atoms. The lowest BCUT2D eigenvalue weighted by Crippen LogP contribution is -2.18. The van der Waals surface area contributed by atoms with E-state index < -0.39 is 0 Å². The summed E-state index contributed by atoms with van der Waals surface area (Å²) in [4.78, 5) is 14.2. The van der Waals surface area contributed by atoms with Crippen LogP contribution in [0.2, 0.25) is 5.15 Å². The smallest absolute Gasteiger partial charge is 0.246 e. The molecule has 19 heavy (non-hydrogen) atoms. The minimum atomic E-state index is -0.200. The Hall–Kier alpha value is -1.73. The van der Waals surface area contributed by atoms with E-state index in [2.05, 4.69) is 20.1 Å². The van der Waals surface area contributed by atoms with E-state index in [1.54, 1.807) is 13.3 Å². The predicted molar refractivity (Wildman–Crippen MR) is 68.9 cm³/mol. The van der Waals surface area contributed by atoms with Crippen molar-refractivity contribution in [1.29, 1.82) is 0 Å². The fraction of sp³-hybridized carbons (Fsp3) is 0.455. The van der Waals surface area contributed by atoms with Gasteiger partial charge in [-0.15, -0.1) is 0 Å². The minimum absolute atomic E-state index is 0.200. The van der Waals surface area contributed by atoms with Crippen molar-refractivity contribution in [1.82, 2.24) is 20.1 Å². The number of halogens is 1. The van der Waals surface area contributed by atoms with Crippen molar-refractivity contribution < 1.29 is 9.26 Å². The number of nitrogens with zero attached hydrogens (tertiary/aromatic N) is 5. The zero-order chi connectivity index (χ0) is 13.8. The van der Waals surface area contributed by atoms with Crippen LogP contribution in [0.1, 0.15) is 24.7 Å². The van der Waals surface area contributed by atoms with E-state index in [1.165, 1.54) is 6.20 Å². The fourth-order valence-corrected chi connectivity index (χ4v) is 1.55. The molecule has 2 rings (SSSR count). The second-order valence-corrected chi connectivity index (χ2v) is 4.37. The first kappa shape index (κ1) is 13.7. The monoisotopic (exact) mass is 283 g/mol. The van der Waals surface area contributed by atoms with E-state index in [4.69, 9.17) is 20.9 Å². The number of hydrogen-bond donors (Lipinski definition) is 0. The van der Waals surface area contributed by atoms with Gasteiger partial charge in [0.05, 0.1) is 18.9 Å². The van der Waals surface area contributed by atoms with Gasteiger partial charge in [-0.05, 0) is 6.92 Å². The third-order valence-corrected chi connectivity index (χ3v) is 2.74. The lowest BCUT2D eigenvalue weighted by molar-refractivity contribution is 0.109. The molecule has 0 fully saturated rings. The molecule has 0 unspecified atom stereocenters. The Balaban J connectivity index is 2.06. The number of aromatic nitrogens is 4. The molecule has 2 aromatic heterocycles. The summed E-state index contributed by atoms with van der Waals surface area (Å²) in [6, 6.07) is 0. The number of hydrogen-bond acceptors (Lipinski definition) is 7. The summed E-state index contributed by atoms with van der Waals surface area (Å²) in [5.74, 6) is 1.62. The Morgan fingerprint density at radius 1 is 1.42 bits per heavy atom. The second-order valence-electron chi connectivity index (χ2n) is 3.98. The van der Waals surface area contributed by atoms with Crippen LogP contribution < -0.4 is 4.90 Å². The standard InChI is InChI=1S/C11H14ClN5O2/c1-7(18-3)11-15-10(19-16-11)6-17(2)9-5-13-4-8(12)14-9/h4-5,7H,6H2,1-3H3/t7-/m1/s1. The van der Waals surface area contributed by atoms with Gasteiger partial charge in [-0.1, -0.05) is 16.8 Å². The van der Waals surface area contributed by atoms with Crippen LogP contribution in [0.15, 0.2) is 16.9 Å². The first-order valence-electron chi connectivity index (χ1n) is 5.64. The molecule has 0 aliphatic heterocycles. The fourth-order valence-electron chi connectivity index (χ4n) is 1.40. The zero-order valence-electron chi connectivity index (χ0n) is 10.9. The normalized spacial score (nSPS) is 12.4. The third-order valence-electron chi connectivity index (χ3n) is 2.56. The van der Waals surface area contributed by atoms with Gasteiger partial charge in [0.1, 0.15) is 17.1 Å². The van der Waals surface area contributed by atoms with E-state index in [0.717, 1.165) is 0 Å². The molecule has 0 N–H and O–H groups in total. The molecule has 0 radical (unpaired) electrons. The van der Waals surface area contributed by atoms with Crippen molar-refractivity contribution in [2.24, 2.45) is 0 Å². The average Bonchev–Trinajstić information content (AvgIpc) is 2.86. The molecule has 8 heteroatoms. The molecule has 7 nitrogen and oxygen atoms in total. The zero-order valence-corrected chi connectivity index (χ0v) is 11.6. The molecule has 1 atom stereocenters. The van der Waals surface area contributed by atoms with Crippen LogP contribution in [0.25, 0.3) is 0 Å². The maximum absolute atomic E-state index is 5.79. The van der Waals surface area contributed by atoms with E-state index in [-0.39, 0.29) is 6.10 Å². The van der Waals surface area contributed by atoms with Crippen molar-refractivity contribution in [3.05, 3.63) is 29.3 Å². The molecular formula is C11H14ClN5O2. The van der Waals surface area contributed by atoms with Crippen LogP contribution in [0.3, 0.4) is 0 Å². The minimum Gasteiger partial charge on any atom is -0.374 e. The first-order chi connectivity index (χ1) is 9.10. The lowest BCUT2D eigenvalue weighted by Gasteiger charge is -2.14. The van der Waals surface area contributed by atoms with Gasteiger partial charge in [-0.3, -0.25) is 4.98 Å². The van der Waals surface area contributed by atoms with E-state index >= 15 is 0 Å². The number of ether oxygens (including phenoxy) is 1. The van der Waals surface area contributed by atoms with Crippen molar-refractivity contribution in [2.75, 3.05) is 19.1 Å². The van der Waals surface area contributed by atoms with Gasteiger partial charge in [0, 0.05) is 14.2 Å². The highest BCUT2D eigenvalue weighted by molar-refractivity contribution is 6.29. The molecule has 0 saturated carbocycles. The Morgan fingerprint density at radius 3 is 2.89 bits per heavy atom. The Labute approximate surface area is 115 Å². The summed E-state index contributed by atoms with van der Waals surface area (Å²) in [5, 5.41) is 4.19. The van der Waals surface area contributed by atoms with Crippen molar-refractivity contribution in [3.8, 4) is 0 Å². The molecule has 2 heterocycles. The highest BCUT2D eigenvalue weighted by atomic mass is 35.5. The molecule has 2 aromatic rings. The predicted octanol–water partition coefficient (Wildman–Crippen LogP) is 1.86. The van der Waals surface area contributed by atoms with Crippen LogP contribution in [-0.2, 0) is 11.3 Å². The van der Waals surface area contributed by atoms with E-state index in [1.807, 2.05) is 18.9 Å². The SMILES string of the molecule is CO[C@H](C)c1noc(CN(C)c2cncc(Cl)n2)n1. The quantitative estimate of drug-likeness (QED) is 0.829. The maximum atomic E-state index is 5.79. The van der Waals surface area contributed by atoms with Gasteiger partial charge in [0.15, 0.2) is 5.82 Å². The summed E-state index contributed by atoms with van der Waals surface area (Å²) in [6.45, 7) is 2.26. The summed E-state index contributed by atoms with van der Waals surface area (Å²) in [6.07, 6.45) is 2.89. The number of methoxy groups -OCH3 is 1. The molecule has 0 bridgehead atoms. The highest BCUT2D eigenvalue weighted by Crippen LogP contribution is 2.15. The maximum Gasteiger partial charge on any atom is 0.246 e. The molecule has 102 valence electrons. The molecule has 0 aromatic carbocycles. The van der Waals surface area contributed by atoms with Crippen LogP contribution in [0, 0.1) is 0 Å². The number of anilines is 1. The van der Waals surface area contributed by atoms with Gasteiger partial charge in [0.2, 0.25) is 5.89 Å². The van der Waals surface area contributed by atoms with Crippen LogP contribution in [0.5, 0.6) is 0 Å². The molecule has 0 aliphatic rings. The van der Waals surface area contributed by atoms with Gasteiger partial charge >= 0.3 is 0 Å². The summed E-state index contributed by atoms with van der Waals surface area (Å²) < 4.78 is 10.3. The van der Waals surface area contributed by atoms with Crippen molar-refractivity contribution in [2.45, 2.75) is 19.6 Å². The van der Waals surface area contributed by atoms with Gasteiger partial charge in [0.25, 0.3) is 0 Å². The summed E-state index contributed by atoms with van der Waals surface area (Å²) in [7, 11) is 3.43.